The quantitative estimate of drug-likeness (QED) is 0.816. The summed E-state index contributed by atoms with van der Waals surface area (Å²) in [5.74, 6) is 1.22. The Morgan fingerprint density at radius 3 is 2.57 bits per heavy atom. The predicted molar refractivity (Wildman–Crippen MR) is 82.9 cm³/mol. The fourth-order valence-electron chi connectivity index (χ4n) is 3.03. The van der Waals surface area contributed by atoms with Gasteiger partial charge in [0.15, 0.2) is 0 Å². The lowest BCUT2D eigenvalue weighted by atomic mass is 9.95. The van der Waals surface area contributed by atoms with Gasteiger partial charge in [-0.05, 0) is 37.1 Å². The highest BCUT2D eigenvalue weighted by Crippen LogP contribution is 2.32. The fraction of sp³-hybridized carbons (Fsp3) is 0.444. The van der Waals surface area contributed by atoms with Crippen LogP contribution in [0.3, 0.4) is 0 Å². The molecule has 0 bridgehead atoms. The normalized spacial score (nSPS) is 16.7. The molecule has 1 fully saturated rings. The molecule has 0 atom stereocenters. The number of nitrogens with one attached hydrogen (secondary N) is 1. The van der Waals surface area contributed by atoms with Gasteiger partial charge in [0.1, 0.15) is 11.5 Å². The number of furan rings is 1. The fourth-order valence-corrected chi connectivity index (χ4v) is 3.03. The van der Waals surface area contributed by atoms with Crippen molar-refractivity contribution in [2.45, 2.75) is 50.9 Å². The molecule has 1 aromatic carbocycles. The highest BCUT2D eigenvalue weighted by atomic mass is 19.4. The maximum atomic E-state index is 12.8. The maximum Gasteiger partial charge on any atom is 0.416 e. The van der Waals surface area contributed by atoms with Gasteiger partial charge in [0.05, 0.1) is 12.1 Å². The molecule has 124 valence electrons. The molecule has 2 aromatic rings. The Hall–Kier alpha value is -1.75. The Labute approximate surface area is 133 Å². The minimum atomic E-state index is -4.34. The number of alkyl halides is 3. The van der Waals surface area contributed by atoms with Gasteiger partial charge < -0.3 is 9.73 Å². The molecule has 0 radical (unpaired) electrons. The zero-order valence-electron chi connectivity index (χ0n) is 12.8. The molecule has 5 heteroatoms. The number of hydrogen-bond donors (Lipinski definition) is 1. The highest BCUT2D eigenvalue weighted by molar-refractivity contribution is 5.58. The second-order valence-corrected chi connectivity index (χ2v) is 6.06. The second-order valence-electron chi connectivity index (χ2n) is 6.06. The largest absolute Gasteiger partial charge is 0.460 e. The van der Waals surface area contributed by atoms with Crippen LogP contribution in [0.5, 0.6) is 0 Å². The van der Waals surface area contributed by atoms with E-state index >= 15 is 0 Å². The van der Waals surface area contributed by atoms with Crippen LogP contribution >= 0.6 is 0 Å². The third-order valence-electron chi connectivity index (χ3n) is 4.31. The van der Waals surface area contributed by atoms with Gasteiger partial charge in [0.2, 0.25) is 0 Å². The first kappa shape index (κ1) is 16.1. The molecule has 1 aliphatic carbocycles. The number of hydrogen-bond acceptors (Lipinski definition) is 2. The van der Waals surface area contributed by atoms with Crippen LogP contribution in [0.4, 0.5) is 13.2 Å². The molecule has 0 unspecified atom stereocenters. The molecule has 0 aliphatic heterocycles. The lowest BCUT2D eigenvalue weighted by molar-refractivity contribution is -0.137. The SMILES string of the molecule is FC(F)(F)c1cccc(-c2ccc(CNC3CCCCC3)o2)c1. The van der Waals surface area contributed by atoms with Crippen LogP contribution in [0.25, 0.3) is 11.3 Å². The van der Waals surface area contributed by atoms with E-state index in [1.165, 1.54) is 38.2 Å². The van der Waals surface area contributed by atoms with Crippen LogP contribution in [0.2, 0.25) is 0 Å². The molecular formula is C18H20F3NO. The summed E-state index contributed by atoms with van der Waals surface area (Å²) in [5.41, 5.74) is -0.211. The van der Waals surface area contributed by atoms with E-state index in [9.17, 15) is 13.2 Å². The number of rotatable bonds is 4. The molecule has 1 saturated carbocycles. The smallest absolute Gasteiger partial charge is 0.416 e. The van der Waals surface area contributed by atoms with Crippen LogP contribution in [0.15, 0.2) is 40.8 Å². The first-order valence-electron chi connectivity index (χ1n) is 8.02. The number of benzene rings is 1. The van der Waals surface area contributed by atoms with Crippen molar-refractivity contribution in [3.05, 3.63) is 47.7 Å². The molecule has 0 spiro atoms. The van der Waals surface area contributed by atoms with E-state index in [-0.39, 0.29) is 0 Å². The van der Waals surface area contributed by atoms with Crippen LogP contribution in [0, 0.1) is 0 Å². The summed E-state index contributed by atoms with van der Waals surface area (Å²) in [6.45, 7) is 0.615. The monoisotopic (exact) mass is 323 g/mol. The first-order valence-corrected chi connectivity index (χ1v) is 8.02. The third-order valence-corrected chi connectivity index (χ3v) is 4.31. The van der Waals surface area contributed by atoms with Crippen LogP contribution in [0.1, 0.15) is 43.4 Å². The van der Waals surface area contributed by atoms with E-state index in [2.05, 4.69) is 5.32 Å². The van der Waals surface area contributed by atoms with Gasteiger partial charge in [-0.15, -0.1) is 0 Å². The van der Waals surface area contributed by atoms with Crippen molar-refractivity contribution < 1.29 is 17.6 Å². The third kappa shape index (κ3) is 4.16. The second kappa shape index (κ2) is 6.79. The minimum absolute atomic E-state index is 0.448. The van der Waals surface area contributed by atoms with Crippen molar-refractivity contribution in [3.8, 4) is 11.3 Å². The van der Waals surface area contributed by atoms with Gasteiger partial charge in [-0.1, -0.05) is 31.4 Å². The molecule has 2 nitrogen and oxygen atoms in total. The van der Waals surface area contributed by atoms with E-state index in [0.717, 1.165) is 17.9 Å². The van der Waals surface area contributed by atoms with E-state index in [1.807, 2.05) is 6.07 Å². The van der Waals surface area contributed by atoms with Crippen molar-refractivity contribution in [3.63, 3.8) is 0 Å². The van der Waals surface area contributed by atoms with Crippen LogP contribution < -0.4 is 5.32 Å². The molecule has 1 heterocycles. The Kier molecular flexibility index (Phi) is 4.76. The molecule has 23 heavy (non-hydrogen) atoms. The molecular weight excluding hydrogens is 303 g/mol. The molecule has 1 N–H and O–H groups in total. The predicted octanol–water partition coefficient (Wildman–Crippen LogP) is 5.39. The summed E-state index contributed by atoms with van der Waals surface area (Å²) in [4.78, 5) is 0. The van der Waals surface area contributed by atoms with Crippen LogP contribution in [-0.4, -0.2) is 6.04 Å². The van der Waals surface area contributed by atoms with Crippen LogP contribution in [-0.2, 0) is 12.7 Å². The average molecular weight is 323 g/mol. The maximum absolute atomic E-state index is 12.8. The zero-order valence-corrected chi connectivity index (χ0v) is 12.8. The average Bonchev–Trinajstić information content (AvgIpc) is 3.02. The Balaban J connectivity index is 1.67. The summed E-state index contributed by atoms with van der Waals surface area (Å²) < 4.78 is 44.0. The van der Waals surface area contributed by atoms with Crippen molar-refractivity contribution in [1.29, 1.82) is 0 Å². The molecule has 0 amide bonds. The van der Waals surface area contributed by atoms with E-state index in [1.54, 1.807) is 12.1 Å². The van der Waals surface area contributed by atoms with Crippen molar-refractivity contribution in [1.82, 2.24) is 5.32 Å². The van der Waals surface area contributed by atoms with Gasteiger partial charge in [-0.25, -0.2) is 0 Å². The topological polar surface area (TPSA) is 25.2 Å². The van der Waals surface area contributed by atoms with Gasteiger partial charge >= 0.3 is 6.18 Å². The molecule has 1 aliphatic rings. The Morgan fingerprint density at radius 2 is 1.83 bits per heavy atom. The summed E-state index contributed by atoms with van der Waals surface area (Å²) in [5, 5.41) is 3.46. The summed E-state index contributed by atoms with van der Waals surface area (Å²) >= 11 is 0. The van der Waals surface area contributed by atoms with E-state index < -0.39 is 11.7 Å². The van der Waals surface area contributed by atoms with Crippen molar-refractivity contribution >= 4 is 0 Å². The van der Waals surface area contributed by atoms with Crippen molar-refractivity contribution in [2.24, 2.45) is 0 Å². The van der Waals surface area contributed by atoms with Gasteiger partial charge in [0.25, 0.3) is 0 Å². The Bertz CT molecular complexity index is 642. The summed E-state index contributed by atoms with van der Waals surface area (Å²) in [6.07, 6.45) is 1.84. The van der Waals surface area contributed by atoms with E-state index in [0.29, 0.717) is 23.9 Å². The van der Waals surface area contributed by atoms with Gasteiger partial charge in [-0.2, -0.15) is 13.2 Å². The van der Waals surface area contributed by atoms with Crippen molar-refractivity contribution in [2.75, 3.05) is 0 Å². The lowest BCUT2D eigenvalue weighted by Gasteiger charge is -2.22. The molecule has 3 rings (SSSR count). The lowest BCUT2D eigenvalue weighted by Crippen LogP contribution is -2.30. The molecule has 1 aromatic heterocycles. The summed E-state index contributed by atoms with van der Waals surface area (Å²) in [7, 11) is 0. The summed E-state index contributed by atoms with van der Waals surface area (Å²) in [6, 6.07) is 9.30. The Morgan fingerprint density at radius 1 is 1.04 bits per heavy atom. The standard InChI is InChI=1S/C18H20F3NO/c19-18(20,21)14-6-4-5-13(11-14)17-10-9-16(23-17)12-22-15-7-2-1-3-8-15/h4-6,9-11,15,22H,1-3,7-8,12H2. The first-order chi connectivity index (χ1) is 11.0. The van der Waals surface area contributed by atoms with E-state index in [4.69, 9.17) is 4.42 Å². The minimum Gasteiger partial charge on any atom is -0.460 e. The highest BCUT2D eigenvalue weighted by Gasteiger charge is 2.30. The number of halogens is 3. The molecule has 0 saturated heterocycles. The zero-order chi connectivity index (χ0) is 16.3. The van der Waals surface area contributed by atoms with Gasteiger partial charge in [0, 0.05) is 11.6 Å². The van der Waals surface area contributed by atoms with Gasteiger partial charge in [-0.3, -0.25) is 0 Å².